The summed E-state index contributed by atoms with van der Waals surface area (Å²) in [5.41, 5.74) is 0. The van der Waals surface area contributed by atoms with Gasteiger partial charge in [0.15, 0.2) is 0 Å². The van der Waals surface area contributed by atoms with Gasteiger partial charge in [0.05, 0.1) is 0 Å². The number of carbonyl (C=O) groups excluding carboxylic acids is 1. The van der Waals surface area contributed by atoms with Crippen LogP contribution in [0.5, 0.6) is 0 Å². The number of hydrogen-bond acceptors (Lipinski definition) is 3. The summed E-state index contributed by atoms with van der Waals surface area (Å²) >= 11 is 0. The molecule has 0 aromatic carbocycles. The van der Waals surface area contributed by atoms with Gasteiger partial charge in [-0.25, -0.2) is 0 Å². The van der Waals surface area contributed by atoms with Crippen LogP contribution in [0.25, 0.3) is 0 Å². The van der Waals surface area contributed by atoms with Gasteiger partial charge in [0.1, 0.15) is 0 Å². The van der Waals surface area contributed by atoms with Gasteiger partial charge in [0.2, 0.25) is 5.91 Å². The summed E-state index contributed by atoms with van der Waals surface area (Å²) < 4.78 is 0. The lowest BCUT2D eigenvalue weighted by molar-refractivity contribution is -0.126. The van der Waals surface area contributed by atoms with Crippen molar-refractivity contribution in [3.63, 3.8) is 0 Å². The molecular formula is C14H27N3O. The number of amides is 1. The average Bonchev–Trinajstić information content (AvgIpc) is 2.42. The number of hydrogen-bond donors (Lipinski definition) is 2. The van der Waals surface area contributed by atoms with Gasteiger partial charge >= 0.3 is 0 Å². The molecule has 0 aliphatic carbocycles. The number of carbonyl (C=O) groups is 1. The van der Waals surface area contributed by atoms with Crippen molar-refractivity contribution >= 4 is 5.91 Å². The topological polar surface area (TPSA) is 44.4 Å². The fraction of sp³-hybridized carbons (Fsp3) is 0.929. The number of nitrogens with one attached hydrogen (secondary N) is 2. The smallest absolute Gasteiger partial charge is 0.223 e. The summed E-state index contributed by atoms with van der Waals surface area (Å²) in [7, 11) is 0. The van der Waals surface area contributed by atoms with Crippen LogP contribution < -0.4 is 10.6 Å². The molecule has 2 saturated heterocycles. The van der Waals surface area contributed by atoms with Crippen LogP contribution in [0.1, 0.15) is 39.0 Å². The second-order valence-electron chi connectivity index (χ2n) is 5.65. The third-order valence-corrected chi connectivity index (χ3v) is 4.18. The molecule has 18 heavy (non-hydrogen) atoms. The van der Waals surface area contributed by atoms with Crippen LogP contribution in [-0.2, 0) is 4.79 Å². The SMILES string of the molecule is CCCN1CCC(NC(=O)C2CCNCC2)CC1. The van der Waals surface area contributed by atoms with Gasteiger partial charge in [-0.05, 0) is 51.7 Å². The van der Waals surface area contributed by atoms with Crippen molar-refractivity contribution in [1.29, 1.82) is 0 Å². The normalized spacial score (nSPS) is 24.1. The molecule has 2 aliphatic heterocycles. The van der Waals surface area contributed by atoms with E-state index >= 15 is 0 Å². The third kappa shape index (κ3) is 3.95. The van der Waals surface area contributed by atoms with Crippen molar-refractivity contribution in [3.8, 4) is 0 Å². The Morgan fingerprint density at radius 2 is 1.89 bits per heavy atom. The summed E-state index contributed by atoms with van der Waals surface area (Å²) in [4.78, 5) is 14.6. The van der Waals surface area contributed by atoms with E-state index in [1.807, 2.05) is 0 Å². The molecular weight excluding hydrogens is 226 g/mol. The highest BCUT2D eigenvalue weighted by Gasteiger charge is 2.25. The van der Waals surface area contributed by atoms with Crippen LogP contribution >= 0.6 is 0 Å². The van der Waals surface area contributed by atoms with Crippen molar-refractivity contribution in [2.45, 2.75) is 45.1 Å². The largest absolute Gasteiger partial charge is 0.353 e. The zero-order valence-electron chi connectivity index (χ0n) is 11.6. The van der Waals surface area contributed by atoms with E-state index in [0.29, 0.717) is 11.9 Å². The third-order valence-electron chi connectivity index (χ3n) is 4.18. The highest BCUT2D eigenvalue weighted by atomic mass is 16.1. The standard InChI is InChI=1S/C14H27N3O/c1-2-9-17-10-5-13(6-11-17)16-14(18)12-3-7-15-8-4-12/h12-13,15H,2-11H2,1H3,(H,16,18). The molecule has 104 valence electrons. The molecule has 0 aromatic rings. The first-order valence-electron chi connectivity index (χ1n) is 7.53. The molecule has 2 N–H and O–H groups in total. The molecule has 2 heterocycles. The van der Waals surface area contributed by atoms with E-state index in [1.54, 1.807) is 0 Å². The first kappa shape index (κ1) is 13.8. The van der Waals surface area contributed by atoms with E-state index in [0.717, 1.165) is 51.9 Å². The maximum Gasteiger partial charge on any atom is 0.223 e. The first-order chi connectivity index (χ1) is 8.79. The number of likely N-dealkylation sites (tertiary alicyclic amines) is 1. The van der Waals surface area contributed by atoms with Crippen molar-refractivity contribution in [2.24, 2.45) is 5.92 Å². The molecule has 0 atom stereocenters. The summed E-state index contributed by atoms with van der Waals surface area (Å²) in [6.45, 7) is 7.70. The molecule has 0 aromatic heterocycles. The summed E-state index contributed by atoms with van der Waals surface area (Å²) in [6.07, 6.45) is 5.47. The van der Waals surface area contributed by atoms with Crippen LogP contribution in [0.3, 0.4) is 0 Å². The fourth-order valence-corrected chi connectivity index (χ4v) is 3.02. The van der Waals surface area contributed by atoms with Gasteiger partial charge in [0, 0.05) is 25.0 Å². The fourth-order valence-electron chi connectivity index (χ4n) is 3.02. The molecule has 2 rings (SSSR count). The van der Waals surface area contributed by atoms with Gasteiger partial charge in [-0.3, -0.25) is 4.79 Å². The molecule has 2 fully saturated rings. The minimum absolute atomic E-state index is 0.250. The lowest BCUT2D eigenvalue weighted by Crippen LogP contribution is -2.47. The van der Waals surface area contributed by atoms with Gasteiger partial charge in [-0.15, -0.1) is 0 Å². The quantitative estimate of drug-likeness (QED) is 0.785. The Kier molecular flexibility index (Phi) is 5.45. The van der Waals surface area contributed by atoms with Crippen LogP contribution in [-0.4, -0.2) is 49.6 Å². The predicted molar refractivity (Wildman–Crippen MR) is 73.5 cm³/mol. The Balaban J connectivity index is 1.68. The molecule has 0 spiro atoms. The Morgan fingerprint density at radius 1 is 1.22 bits per heavy atom. The number of rotatable bonds is 4. The number of nitrogens with zero attached hydrogens (tertiary/aromatic N) is 1. The Morgan fingerprint density at radius 3 is 2.50 bits per heavy atom. The monoisotopic (exact) mass is 253 g/mol. The molecule has 4 nitrogen and oxygen atoms in total. The van der Waals surface area contributed by atoms with Gasteiger partial charge in [0.25, 0.3) is 0 Å². The highest BCUT2D eigenvalue weighted by molar-refractivity contribution is 5.79. The molecule has 1 amide bonds. The van der Waals surface area contributed by atoms with Gasteiger partial charge in [-0.1, -0.05) is 6.92 Å². The highest BCUT2D eigenvalue weighted by Crippen LogP contribution is 2.15. The van der Waals surface area contributed by atoms with Crippen LogP contribution in [0, 0.1) is 5.92 Å². The lowest BCUT2D eigenvalue weighted by Gasteiger charge is -2.33. The van der Waals surface area contributed by atoms with Crippen LogP contribution in [0.4, 0.5) is 0 Å². The maximum absolute atomic E-state index is 12.1. The second-order valence-corrected chi connectivity index (χ2v) is 5.65. The second kappa shape index (κ2) is 7.10. The van der Waals surface area contributed by atoms with E-state index in [9.17, 15) is 4.79 Å². The molecule has 2 aliphatic rings. The van der Waals surface area contributed by atoms with E-state index in [-0.39, 0.29) is 5.92 Å². The minimum atomic E-state index is 0.250. The van der Waals surface area contributed by atoms with Crippen molar-refractivity contribution in [3.05, 3.63) is 0 Å². The minimum Gasteiger partial charge on any atom is -0.353 e. The summed E-state index contributed by atoms with van der Waals surface area (Å²) in [6, 6.07) is 0.417. The van der Waals surface area contributed by atoms with Gasteiger partial charge < -0.3 is 15.5 Å². The van der Waals surface area contributed by atoms with E-state index in [4.69, 9.17) is 0 Å². The summed E-state index contributed by atoms with van der Waals surface area (Å²) in [5.74, 6) is 0.547. The van der Waals surface area contributed by atoms with Gasteiger partial charge in [-0.2, -0.15) is 0 Å². The van der Waals surface area contributed by atoms with Crippen molar-refractivity contribution in [1.82, 2.24) is 15.5 Å². The summed E-state index contributed by atoms with van der Waals surface area (Å²) in [5, 5.41) is 6.56. The predicted octanol–water partition coefficient (Wildman–Crippen LogP) is 0.977. The Labute approximate surface area is 110 Å². The molecule has 0 radical (unpaired) electrons. The lowest BCUT2D eigenvalue weighted by atomic mass is 9.96. The molecule has 0 unspecified atom stereocenters. The molecule has 0 bridgehead atoms. The van der Waals surface area contributed by atoms with E-state index < -0.39 is 0 Å². The first-order valence-corrected chi connectivity index (χ1v) is 7.53. The zero-order valence-corrected chi connectivity index (χ0v) is 11.6. The Hall–Kier alpha value is -0.610. The van der Waals surface area contributed by atoms with Crippen LogP contribution in [0.15, 0.2) is 0 Å². The zero-order chi connectivity index (χ0) is 12.8. The maximum atomic E-state index is 12.1. The van der Waals surface area contributed by atoms with Crippen molar-refractivity contribution < 1.29 is 4.79 Å². The van der Waals surface area contributed by atoms with Crippen LogP contribution in [0.2, 0.25) is 0 Å². The molecule has 0 saturated carbocycles. The number of piperidine rings is 2. The molecule has 4 heteroatoms. The average molecular weight is 253 g/mol. The van der Waals surface area contributed by atoms with Crippen molar-refractivity contribution in [2.75, 3.05) is 32.7 Å². The van der Waals surface area contributed by atoms with E-state index in [2.05, 4.69) is 22.5 Å². The Bertz CT molecular complexity index is 256. The van der Waals surface area contributed by atoms with E-state index in [1.165, 1.54) is 13.0 Å².